The summed E-state index contributed by atoms with van der Waals surface area (Å²) in [5.74, 6) is -0.127. The highest BCUT2D eigenvalue weighted by atomic mass is 32.2. The maximum absolute atomic E-state index is 12.8. The molecule has 172 valence electrons. The Kier molecular flexibility index (Phi) is 6.29. The van der Waals surface area contributed by atoms with Gasteiger partial charge in [-0.1, -0.05) is 6.07 Å². The van der Waals surface area contributed by atoms with Crippen molar-refractivity contribution in [2.24, 2.45) is 0 Å². The van der Waals surface area contributed by atoms with Gasteiger partial charge in [0.25, 0.3) is 21.6 Å². The molecule has 1 fully saturated rings. The minimum atomic E-state index is -4.03. The summed E-state index contributed by atoms with van der Waals surface area (Å²) in [5.41, 5.74) is 0.804. The number of nitrogens with one attached hydrogen (secondary N) is 1. The van der Waals surface area contributed by atoms with Crippen molar-refractivity contribution in [1.29, 1.82) is 0 Å². The molecule has 0 bridgehead atoms. The molecule has 0 radical (unpaired) electrons. The Labute approximate surface area is 194 Å². The summed E-state index contributed by atoms with van der Waals surface area (Å²) < 4.78 is 27.7. The minimum absolute atomic E-state index is 0.127. The number of carbonyl (C=O) groups excluding carboxylic acids is 1. The van der Waals surface area contributed by atoms with Crippen LogP contribution in [0, 0.1) is 17.0 Å². The molecule has 33 heavy (non-hydrogen) atoms. The molecule has 0 saturated carbocycles. The van der Waals surface area contributed by atoms with E-state index in [1.807, 2.05) is 5.38 Å². The van der Waals surface area contributed by atoms with Gasteiger partial charge in [-0.3, -0.25) is 19.6 Å². The van der Waals surface area contributed by atoms with Gasteiger partial charge in [0.15, 0.2) is 5.13 Å². The number of aryl methyl sites for hydroxylation is 1. The second-order valence-electron chi connectivity index (χ2n) is 7.48. The van der Waals surface area contributed by atoms with Gasteiger partial charge in [0.2, 0.25) is 0 Å². The van der Waals surface area contributed by atoms with E-state index in [1.54, 1.807) is 34.6 Å². The predicted octanol–water partition coefficient (Wildman–Crippen LogP) is 3.12. The number of carbonyl (C=O) groups is 1. The number of piperazine rings is 1. The number of hydrogen-bond donors (Lipinski definition) is 1. The molecule has 0 aliphatic carbocycles. The molecule has 0 unspecified atom stereocenters. The monoisotopic (exact) mass is 487 g/mol. The molecule has 1 N–H and O–H groups in total. The van der Waals surface area contributed by atoms with E-state index >= 15 is 0 Å². The molecule has 12 heteroatoms. The summed E-state index contributed by atoms with van der Waals surface area (Å²) >= 11 is 1.56. The standard InChI is InChI=1S/C21H21N5O5S2/c1-15-2-7-18(14-19(15)26(28)29)33(30,31)23-17-5-3-16(4-6-17)20(27)24-9-11-25(12-10-24)21-22-8-13-32-21/h2-8,13-14,23H,9-12H2,1H3. The van der Waals surface area contributed by atoms with E-state index in [2.05, 4.69) is 14.6 Å². The number of nitrogens with zero attached hydrogens (tertiary/aromatic N) is 4. The minimum Gasteiger partial charge on any atom is -0.345 e. The van der Waals surface area contributed by atoms with Gasteiger partial charge >= 0.3 is 0 Å². The number of amides is 1. The quantitative estimate of drug-likeness (QED) is 0.418. The summed E-state index contributed by atoms with van der Waals surface area (Å²) in [5, 5.41) is 14.0. The van der Waals surface area contributed by atoms with E-state index in [0.29, 0.717) is 37.3 Å². The third-order valence-electron chi connectivity index (χ3n) is 5.33. The van der Waals surface area contributed by atoms with Crippen molar-refractivity contribution in [3.8, 4) is 0 Å². The largest absolute Gasteiger partial charge is 0.345 e. The van der Waals surface area contributed by atoms with Crippen LogP contribution in [0.15, 0.2) is 58.9 Å². The molecular formula is C21H21N5O5S2. The Hall–Kier alpha value is -3.51. The maximum Gasteiger partial charge on any atom is 0.273 e. The molecule has 1 aliphatic rings. The van der Waals surface area contributed by atoms with Crippen LogP contribution in [-0.2, 0) is 10.0 Å². The fraction of sp³-hybridized carbons (Fsp3) is 0.238. The first-order valence-corrected chi connectivity index (χ1v) is 12.4. The second-order valence-corrected chi connectivity index (χ2v) is 10.0. The number of rotatable bonds is 6. The van der Waals surface area contributed by atoms with Gasteiger partial charge in [-0.2, -0.15) is 0 Å². The first kappa shape index (κ1) is 22.7. The average Bonchev–Trinajstić information content (AvgIpc) is 3.34. The lowest BCUT2D eigenvalue weighted by molar-refractivity contribution is -0.385. The Morgan fingerprint density at radius 1 is 1.12 bits per heavy atom. The van der Waals surface area contributed by atoms with E-state index in [9.17, 15) is 23.3 Å². The van der Waals surface area contributed by atoms with E-state index < -0.39 is 14.9 Å². The van der Waals surface area contributed by atoms with Crippen LogP contribution < -0.4 is 9.62 Å². The molecular weight excluding hydrogens is 466 g/mol. The lowest BCUT2D eigenvalue weighted by atomic mass is 10.1. The number of anilines is 2. The van der Waals surface area contributed by atoms with Crippen molar-refractivity contribution in [3.05, 3.63) is 75.3 Å². The van der Waals surface area contributed by atoms with Gasteiger partial charge in [0.1, 0.15) is 0 Å². The summed E-state index contributed by atoms with van der Waals surface area (Å²) in [4.78, 5) is 31.3. The van der Waals surface area contributed by atoms with Gasteiger partial charge in [-0.05, 0) is 37.3 Å². The van der Waals surface area contributed by atoms with Crippen LogP contribution in [0.5, 0.6) is 0 Å². The van der Waals surface area contributed by atoms with Crippen LogP contribution in [0.4, 0.5) is 16.5 Å². The summed E-state index contributed by atoms with van der Waals surface area (Å²) in [6, 6.07) is 9.85. The van der Waals surface area contributed by atoms with Crippen LogP contribution in [-0.4, -0.2) is 55.3 Å². The first-order valence-electron chi connectivity index (χ1n) is 10.1. The van der Waals surface area contributed by atoms with E-state index in [4.69, 9.17) is 0 Å². The van der Waals surface area contributed by atoms with Crippen LogP contribution in [0.1, 0.15) is 15.9 Å². The Bertz CT molecular complexity index is 1270. The smallest absolute Gasteiger partial charge is 0.273 e. The summed E-state index contributed by atoms with van der Waals surface area (Å²) in [6.45, 7) is 4.06. The molecule has 0 atom stereocenters. The number of sulfonamides is 1. The van der Waals surface area contributed by atoms with Crippen LogP contribution in [0.3, 0.4) is 0 Å². The molecule has 2 heterocycles. The van der Waals surface area contributed by atoms with Gasteiger partial charge in [-0.25, -0.2) is 13.4 Å². The van der Waals surface area contributed by atoms with Crippen LogP contribution >= 0.6 is 11.3 Å². The SMILES string of the molecule is Cc1ccc(S(=O)(=O)Nc2ccc(C(=O)N3CCN(c4nccs4)CC3)cc2)cc1[N+](=O)[O-]. The van der Waals surface area contributed by atoms with Crippen molar-refractivity contribution in [1.82, 2.24) is 9.88 Å². The zero-order chi connectivity index (χ0) is 23.6. The Morgan fingerprint density at radius 2 is 1.82 bits per heavy atom. The van der Waals surface area contributed by atoms with Crippen LogP contribution in [0.25, 0.3) is 0 Å². The van der Waals surface area contributed by atoms with Crippen LogP contribution in [0.2, 0.25) is 0 Å². The highest BCUT2D eigenvalue weighted by molar-refractivity contribution is 7.92. The van der Waals surface area contributed by atoms with Crippen molar-refractivity contribution in [2.75, 3.05) is 35.8 Å². The highest BCUT2D eigenvalue weighted by Crippen LogP contribution is 2.24. The lowest BCUT2D eigenvalue weighted by Crippen LogP contribution is -2.48. The maximum atomic E-state index is 12.8. The molecule has 1 saturated heterocycles. The molecule has 3 aromatic rings. The van der Waals surface area contributed by atoms with E-state index in [0.717, 1.165) is 11.2 Å². The number of nitro groups is 1. The van der Waals surface area contributed by atoms with E-state index in [1.165, 1.54) is 31.2 Å². The predicted molar refractivity (Wildman–Crippen MR) is 125 cm³/mol. The highest BCUT2D eigenvalue weighted by Gasteiger charge is 2.24. The molecule has 10 nitrogen and oxygen atoms in total. The Morgan fingerprint density at radius 3 is 2.42 bits per heavy atom. The second kappa shape index (κ2) is 9.16. The zero-order valence-corrected chi connectivity index (χ0v) is 19.3. The number of hydrogen-bond acceptors (Lipinski definition) is 8. The van der Waals surface area contributed by atoms with Crippen molar-refractivity contribution >= 4 is 43.8 Å². The van der Waals surface area contributed by atoms with Crippen molar-refractivity contribution < 1.29 is 18.1 Å². The van der Waals surface area contributed by atoms with Crippen molar-refractivity contribution in [2.45, 2.75) is 11.8 Å². The molecule has 4 rings (SSSR count). The van der Waals surface area contributed by atoms with Gasteiger partial charge in [0, 0.05) is 60.6 Å². The van der Waals surface area contributed by atoms with Gasteiger partial charge < -0.3 is 9.80 Å². The summed E-state index contributed by atoms with van der Waals surface area (Å²) in [6.07, 6.45) is 1.76. The van der Waals surface area contributed by atoms with Gasteiger partial charge in [0.05, 0.1) is 9.82 Å². The first-order chi connectivity index (χ1) is 15.7. The topological polar surface area (TPSA) is 126 Å². The van der Waals surface area contributed by atoms with Gasteiger partial charge in [-0.15, -0.1) is 11.3 Å². The molecule has 0 spiro atoms. The number of benzene rings is 2. The third kappa shape index (κ3) is 4.96. The average molecular weight is 488 g/mol. The molecule has 2 aromatic carbocycles. The normalized spacial score (nSPS) is 14.2. The number of thiazole rings is 1. The van der Waals surface area contributed by atoms with E-state index in [-0.39, 0.29) is 22.2 Å². The third-order valence-corrected chi connectivity index (χ3v) is 7.54. The fourth-order valence-electron chi connectivity index (χ4n) is 3.50. The molecule has 1 aromatic heterocycles. The summed E-state index contributed by atoms with van der Waals surface area (Å²) in [7, 11) is -4.03. The fourth-order valence-corrected chi connectivity index (χ4v) is 5.28. The molecule has 1 amide bonds. The zero-order valence-electron chi connectivity index (χ0n) is 17.7. The van der Waals surface area contributed by atoms with Crippen molar-refractivity contribution in [3.63, 3.8) is 0 Å². The lowest BCUT2D eigenvalue weighted by Gasteiger charge is -2.34. The Balaban J connectivity index is 1.41. The number of nitro benzene ring substituents is 1. The number of aromatic nitrogens is 1. The molecule has 1 aliphatic heterocycles.